The van der Waals surface area contributed by atoms with Gasteiger partial charge in [0.05, 0.1) is 11.4 Å². The Morgan fingerprint density at radius 1 is 1.35 bits per heavy atom. The molecule has 1 aliphatic rings. The van der Waals surface area contributed by atoms with Gasteiger partial charge in [0.15, 0.2) is 0 Å². The van der Waals surface area contributed by atoms with Gasteiger partial charge in [0.25, 0.3) is 0 Å². The molecule has 0 aromatic heterocycles. The molecule has 110 valence electrons. The van der Waals surface area contributed by atoms with Crippen molar-refractivity contribution in [2.24, 2.45) is 0 Å². The van der Waals surface area contributed by atoms with E-state index in [1.54, 1.807) is 17.0 Å². The smallest absolute Gasteiger partial charge is 0.241 e. The van der Waals surface area contributed by atoms with Gasteiger partial charge in [0, 0.05) is 26.2 Å². The zero-order valence-corrected chi connectivity index (χ0v) is 12.2. The highest BCUT2D eigenvalue weighted by atomic mass is 32.2. The largest absolute Gasteiger partial charge is 0.339 e. The lowest BCUT2D eigenvalue weighted by Crippen LogP contribution is -2.49. The first-order chi connectivity index (χ1) is 9.49. The third kappa shape index (κ3) is 3.78. The Morgan fingerprint density at radius 2 is 2.05 bits per heavy atom. The number of nitrogens with zero attached hydrogens (tertiary/aromatic N) is 1. The summed E-state index contributed by atoms with van der Waals surface area (Å²) < 4.78 is 26.5. The molecule has 0 aliphatic carbocycles. The summed E-state index contributed by atoms with van der Waals surface area (Å²) in [6.45, 7) is 4.35. The Balaban J connectivity index is 1.97. The highest BCUT2D eigenvalue weighted by Gasteiger charge is 2.20. The maximum absolute atomic E-state index is 12.1. The molecule has 1 saturated heterocycles. The average molecular weight is 297 g/mol. The van der Waals surface area contributed by atoms with Gasteiger partial charge in [-0.05, 0) is 24.6 Å². The van der Waals surface area contributed by atoms with Crippen LogP contribution in [0.2, 0.25) is 0 Å². The normalized spacial score (nSPS) is 16.1. The number of hydrogen-bond donors (Lipinski definition) is 2. The predicted molar refractivity (Wildman–Crippen MR) is 75.8 cm³/mol. The van der Waals surface area contributed by atoms with Crippen LogP contribution in [0.25, 0.3) is 0 Å². The summed E-state index contributed by atoms with van der Waals surface area (Å²) in [5.41, 5.74) is 0.862. The Kier molecular flexibility index (Phi) is 4.74. The van der Waals surface area contributed by atoms with Crippen molar-refractivity contribution in [3.63, 3.8) is 0 Å². The highest BCUT2D eigenvalue weighted by molar-refractivity contribution is 7.89. The van der Waals surface area contributed by atoms with Crippen LogP contribution in [0.4, 0.5) is 0 Å². The lowest BCUT2D eigenvalue weighted by atomic mass is 10.2. The quantitative estimate of drug-likeness (QED) is 0.800. The van der Waals surface area contributed by atoms with Crippen molar-refractivity contribution < 1.29 is 13.2 Å². The third-order valence-corrected chi connectivity index (χ3v) is 4.58. The second-order valence-corrected chi connectivity index (χ2v) is 6.54. The van der Waals surface area contributed by atoms with Crippen LogP contribution in [0.15, 0.2) is 29.2 Å². The monoisotopic (exact) mass is 297 g/mol. The summed E-state index contributed by atoms with van der Waals surface area (Å²) in [6.07, 6.45) is 0. The molecule has 0 saturated carbocycles. The molecule has 0 bridgehead atoms. The molecule has 0 unspecified atom stereocenters. The molecule has 1 aromatic rings. The molecule has 1 fully saturated rings. The van der Waals surface area contributed by atoms with Gasteiger partial charge in [-0.1, -0.05) is 12.1 Å². The lowest BCUT2D eigenvalue weighted by Gasteiger charge is -2.27. The van der Waals surface area contributed by atoms with Crippen LogP contribution in [0.3, 0.4) is 0 Å². The van der Waals surface area contributed by atoms with Gasteiger partial charge < -0.3 is 10.2 Å². The van der Waals surface area contributed by atoms with Crippen molar-refractivity contribution in [1.29, 1.82) is 0 Å². The van der Waals surface area contributed by atoms with Gasteiger partial charge in [-0.15, -0.1) is 0 Å². The molecule has 6 nitrogen and oxygen atoms in total. The predicted octanol–water partition coefficient (Wildman–Crippen LogP) is -0.295. The highest BCUT2D eigenvalue weighted by Crippen LogP contribution is 2.10. The van der Waals surface area contributed by atoms with Crippen LogP contribution in [-0.4, -0.2) is 51.9 Å². The summed E-state index contributed by atoms with van der Waals surface area (Å²) in [6, 6.07) is 6.61. The summed E-state index contributed by atoms with van der Waals surface area (Å²) in [7, 11) is -3.63. The number of piperazine rings is 1. The third-order valence-electron chi connectivity index (χ3n) is 3.18. The number of hydrogen-bond acceptors (Lipinski definition) is 4. The number of carbonyl (C=O) groups excluding carboxylic acids is 1. The molecule has 2 N–H and O–H groups in total. The van der Waals surface area contributed by atoms with Gasteiger partial charge in [-0.25, -0.2) is 13.1 Å². The van der Waals surface area contributed by atoms with E-state index < -0.39 is 10.0 Å². The van der Waals surface area contributed by atoms with E-state index in [0.717, 1.165) is 18.7 Å². The molecule has 20 heavy (non-hydrogen) atoms. The van der Waals surface area contributed by atoms with E-state index in [9.17, 15) is 13.2 Å². The van der Waals surface area contributed by atoms with Gasteiger partial charge in [-0.3, -0.25) is 4.79 Å². The topological polar surface area (TPSA) is 78.5 Å². The fourth-order valence-corrected chi connectivity index (χ4v) is 3.13. The molecule has 0 atom stereocenters. The Morgan fingerprint density at radius 3 is 2.70 bits per heavy atom. The van der Waals surface area contributed by atoms with Gasteiger partial charge in [-0.2, -0.15) is 0 Å². The molecule has 0 radical (unpaired) electrons. The molecular weight excluding hydrogens is 278 g/mol. The Bertz CT molecular complexity index is 580. The Labute approximate surface area is 119 Å². The fourth-order valence-electron chi connectivity index (χ4n) is 2.05. The first-order valence-electron chi connectivity index (χ1n) is 6.54. The molecule has 7 heteroatoms. The molecule has 0 spiro atoms. The molecule has 2 rings (SSSR count). The van der Waals surface area contributed by atoms with Crippen molar-refractivity contribution in [3.05, 3.63) is 29.8 Å². The first-order valence-corrected chi connectivity index (χ1v) is 8.02. The van der Waals surface area contributed by atoms with Crippen molar-refractivity contribution in [1.82, 2.24) is 14.9 Å². The zero-order valence-electron chi connectivity index (χ0n) is 11.4. The molecule has 1 aromatic carbocycles. The number of sulfonamides is 1. The lowest BCUT2D eigenvalue weighted by molar-refractivity contribution is -0.130. The van der Waals surface area contributed by atoms with Crippen molar-refractivity contribution >= 4 is 15.9 Å². The number of amides is 1. The van der Waals surface area contributed by atoms with Crippen LogP contribution in [0.5, 0.6) is 0 Å². The van der Waals surface area contributed by atoms with Crippen LogP contribution in [0.1, 0.15) is 5.56 Å². The summed E-state index contributed by atoms with van der Waals surface area (Å²) >= 11 is 0. The van der Waals surface area contributed by atoms with Crippen molar-refractivity contribution in [3.8, 4) is 0 Å². The van der Waals surface area contributed by atoms with E-state index in [2.05, 4.69) is 10.0 Å². The SMILES string of the molecule is Cc1cccc(S(=O)(=O)NCC(=O)N2CCNCC2)c1. The number of aryl methyl sites for hydroxylation is 1. The maximum Gasteiger partial charge on any atom is 0.241 e. The van der Waals surface area contributed by atoms with Crippen LogP contribution in [0, 0.1) is 6.92 Å². The van der Waals surface area contributed by atoms with E-state index in [1.165, 1.54) is 6.07 Å². The number of carbonyl (C=O) groups is 1. The minimum absolute atomic E-state index is 0.186. The minimum atomic E-state index is -3.63. The molecular formula is C13H19N3O3S. The van der Waals surface area contributed by atoms with Gasteiger partial charge in [0.1, 0.15) is 0 Å². The van der Waals surface area contributed by atoms with Crippen molar-refractivity contribution in [2.75, 3.05) is 32.7 Å². The van der Waals surface area contributed by atoms with E-state index in [-0.39, 0.29) is 17.3 Å². The summed E-state index contributed by atoms with van der Waals surface area (Å²) in [5.74, 6) is -0.192. The first kappa shape index (κ1) is 15.0. The standard InChI is InChI=1S/C13H19N3O3S/c1-11-3-2-4-12(9-11)20(18,19)15-10-13(17)16-7-5-14-6-8-16/h2-4,9,14-15H,5-8,10H2,1H3. The van der Waals surface area contributed by atoms with Crippen LogP contribution in [-0.2, 0) is 14.8 Å². The molecule has 1 heterocycles. The molecule has 1 amide bonds. The second kappa shape index (κ2) is 6.34. The maximum atomic E-state index is 12.1. The fraction of sp³-hybridized carbons (Fsp3) is 0.462. The average Bonchev–Trinajstić information content (AvgIpc) is 2.46. The number of benzene rings is 1. The number of rotatable bonds is 4. The van der Waals surface area contributed by atoms with E-state index in [0.29, 0.717) is 13.1 Å². The number of nitrogens with one attached hydrogen (secondary N) is 2. The second-order valence-electron chi connectivity index (χ2n) is 4.77. The minimum Gasteiger partial charge on any atom is -0.339 e. The Hall–Kier alpha value is -1.44. The van der Waals surface area contributed by atoms with Gasteiger partial charge in [0.2, 0.25) is 15.9 Å². The van der Waals surface area contributed by atoms with E-state index in [1.807, 2.05) is 13.0 Å². The van der Waals surface area contributed by atoms with Crippen LogP contribution >= 0.6 is 0 Å². The van der Waals surface area contributed by atoms with E-state index in [4.69, 9.17) is 0 Å². The van der Waals surface area contributed by atoms with Crippen LogP contribution < -0.4 is 10.0 Å². The summed E-state index contributed by atoms with van der Waals surface area (Å²) in [4.78, 5) is 13.8. The molecule has 1 aliphatic heterocycles. The van der Waals surface area contributed by atoms with E-state index >= 15 is 0 Å². The van der Waals surface area contributed by atoms with Crippen molar-refractivity contribution in [2.45, 2.75) is 11.8 Å². The van der Waals surface area contributed by atoms with Gasteiger partial charge >= 0.3 is 0 Å². The summed E-state index contributed by atoms with van der Waals surface area (Å²) in [5, 5.41) is 3.14. The zero-order chi connectivity index (χ0) is 14.6.